The van der Waals surface area contributed by atoms with E-state index >= 15 is 0 Å². The van der Waals surface area contributed by atoms with Gasteiger partial charge in [0.05, 0.1) is 5.56 Å². The molecule has 1 aromatic heterocycles. The third-order valence-electron chi connectivity index (χ3n) is 1.92. The summed E-state index contributed by atoms with van der Waals surface area (Å²) in [5, 5.41) is 11.1. The van der Waals surface area contributed by atoms with Crippen molar-refractivity contribution in [3.8, 4) is 0 Å². The first-order chi connectivity index (χ1) is 8.06. The smallest absolute Gasteiger partial charge is 0.260 e. The van der Waals surface area contributed by atoms with E-state index in [9.17, 15) is 9.18 Å². The minimum absolute atomic E-state index is 0.0268. The molecule has 1 N–H and O–H groups in total. The number of benzene rings is 1. The van der Waals surface area contributed by atoms with Gasteiger partial charge in [0.25, 0.3) is 5.91 Å². The highest BCUT2D eigenvalue weighted by Gasteiger charge is 2.13. The largest absolute Gasteiger partial charge is 0.296 e. The quantitative estimate of drug-likeness (QED) is 0.926. The molecule has 0 spiro atoms. The van der Waals surface area contributed by atoms with E-state index in [4.69, 9.17) is 0 Å². The maximum Gasteiger partial charge on any atom is 0.260 e. The van der Waals surface area contributed by atoms with Crippen molar-refractivity contribution in [1.29, 1.82) is 0 Å². The Hall–Kier alpha value is -1.34. The second-order valence-electron chi connectivity index (χ2n) is 3.20. The van der Waals surface area contributed by atoms with Crippen molar-refractivity contribution in [2.45, 2.75) is 6.92 Å². The van der Waals surface area contributed by atoms with Gasteiger partial charge in [0, 0.05) is 4.47 Å². The van der Waals surface area contributed by atoms with Crippen LogP contribution in [0.3, 0.4) is 0 Å². The van der Waals surface area contributed by atoms with Gasteiger partial charge in [-0.05, 0) is 25.1 Å². The number of hydrogen-bond donors (Lipinski definition) is 1. The van der Waals surface area contributed by atoms with Crippen LogP contribution in [0.15, 0.2) is 22.7 Å². The first-order valence-corrected chi connectivity index (χ1v) is 6.24. The molecule has 0 saturated carbocycles. The zero-order valence-electron chi connectivity index (χ0n) is 8.70. The number of nitrogens with one attached hydrogen (secondary N) is 1. The van der Waals surface area contributed by atoms with Gasteiger partial charge in [-0.1, -0.05) is 27.3 Å². The average Bonchev–Trinajstić information content (AvgIpc) is 2.63. The van der Waals surface area contributed by atoms with Crippen LogP contribution in [0.25, 0.3) is 0 Å². The van der Waals surface area contributed by atoms with Gasteiger partial charge in [-0.25, -0.2) is 4.39 Å². The Morgan fingerprint density at radius 3 is 2.82 bits per heavy atom. The van der Waals surface area contributed by atoms with Crippen molar-refractivity contribution in [2.24, 2.45) is 0 Å². The topological polar surface area (TPSA) is 54.9 Å². The Labute approximate surface area is 109 Å². The Morgan fingerprint density at radius 2 is 2.24 bits per heavy atom. The number of halogens is 2. The van der Waals surface area contributed by atoms with Gasteiger partial charge in [0.1, 0.15) is 10.8 Å². The van der Waals surface area contributed by atoms with E-state index in [1.54, 1.807) is 13.0 Å². The summed E-state index contributed by atoms with van der Waals surface area (Å²) in [4.78, 5) is 11.7. The predicted molar refractivity (Wildman–Crippen MR) is 66.7 cm³/mol. The second-order valence-corrected chi connectivity index (χ2v) is 5.30. The van der Waals surface area contributed by atoms with Crippen LogP contribution in [0.1, 0.15) is 15.4 Å². The van der Waals surface area contributed by atoms with Crippen molar-refractivity contribution in [3.63, 3.8) is 0 Å². The first kappa shape index (κ1) is 12.1. The molecule has 0 aliphatic rings. The highest BCUT2D eigenvalue weighted by Crippen LogP contribution is 2.18. The zero-order valence-corrected chi connectivity index (χ0v) is 11.1. The number of carbonyl (C=O) groups is 1. The van der Waals surface area contributed by atoms with Gasteiger partial charge in [0.15, 0.2) is 0 Å². The molecule has 0 aliphatic carbocycles. The zero-order chi connectivity index (χ0) is 12.4. The molecule has 2 aromatic rings. The van der Waals surface area contributed by atoms with E-state index in [1.807, 2.05) is 0 Å². The summed E-state index contributed by atoms with van der Waals surface area (Å²) in [6.07, 6.45) is 0. The van der Waals surface area contributed by atoms with Gasteiger partial charge in [-0.2, -0.15) is 0 Å². The lowest BCUT2D eigenvalue weighted by Crippen LogP contribution is -2.13. The van der Waals surface area contributed by atoms with Crippen molar-refractivity contribution >= 4 is 38.3 Å². The molecule has 0 saturated heterocycles. The second kappa shape index (κ2) is 4.89. The van der Waals surface area contributed by atoms with Gasteiger partial charge in [0.2, 0.25) is 5.13 Å². The first-order valence-electron chi connectivity index (χ1n) is 4.63. The monoisotopic (exact) mass is 315 g/mol. The summed E-state index contributed by atoms with van der Waals surface area (Å²) in [5.74, 6) is -1.12. The van der Waals surface area contributed by atoms with Crippen molar-refractivity contribution in [3.05, 3.63) is 39.1 Å². The molecule has 0 bridgehead atoms. The fraction of sp³-hybridized carbons (Fsp3) is 0.100. The van der Waals surface area contributed by atoms with Crippen LogP contribution in [-0.4, -0.2) is 16.1 Å². The number of anilines is 1. The Kier molecular flexibility index (Phi) is 3.49. The molecule has 88 valence electrons. The summed E-state index contributed by atoms with van der Waals surface area (Å²) < 4.78 is 14.1. The van der Waals surface area contributed by atoms with Crippen molar-refractivity contribution < 1.29 is 9.18 Å². The van der Waals surface area contributed by atoms with Crippen LogP contribution in [0.4, 0.5) is 9.52 Å². The van der Waals surface area contributed by atoms with Crippen LogP contribution in [-0.2, 0) is 0 Å². The summed E-state index contributed by atoms with van der Waals surface area (Å²) in [6, 6.07) is 4.24. The highest BCUT2D eigenvalue weighted by atomic mass is 79.9. The number of rotatable bonds is 2. The molecule has 1 heterocycles. The maximum absolute atomic E-state index is 13.5. The molecule has 0 atom stereocenters. The number of amides is 1. The van der Waals surface area contributed by atoms with Crippen LogP contribution < -0.4 is 5.32 Å². The minimum atomic E-state index is -0.585. The number of carbonyl (C=O) groups excluding carboxylic acids is 1. The minimum Gasteiger partial charge on any atom is -0.296 e. The van der Waals surface area contributed by atoms with E-state index in [2.05, 4.69) is 31.4 Å². The molecule has 4 nitrogen and oxygen atoms in total. The third-order valence-corrected chi connectivity index (χ3v) is 3.17. The molecule has 0 aliphatic heterocycles. The van der Waals surface area contributed by atoms with E-state index in [0.717, 1.165) is 5.01 Å². The van der Waals surface area contributed by atoms with E-state index in [-0.39, 0.29) is 5.56 Å². The van der Waals surface area contributed by atoms with Crippen molar-refractivity contribution in [1.82, 2.24) is 10.2 Å². The molecular formula is C10H7BrFN3OS. The van der Waals surface area contributed by atoms with Gasteiger partial charge >= 0.3 is 0 Å². The van der Waals surface area contributed by atoms with E-state index in [0.29, 0.717) is 9.60 Å². The number of aromatic nitrogens is 2. The lowest BCUT2D eigenvalue weighted by atomic mass is 10.2. The summed E-state index contributed by atoms with van der Waals surface area (Å²) in [5.41, 5.74) is -0.0268. The molecule has 17 heavy (non-hydrogen) atoms. The molecule has 0 unspecified atom stereocenters. The Balaban J connectivity index is 2.20. The normalized spacial score (nSPS) is 10.3. The Morgan fingerprint density at radius 1 is 1.47 bits per heavy atom. The SMILES string of the molecule is Cc1nnc(NC(=O)c2ccc(Br)cc2F)s1. The van der Waals surface area contributed by atoms with E-state index < -0.39 is 11.7 Å². The van der Waals surface area contributed by atoms with Gasteiger partial charge in [-0.3, -0.25) is 10.1 Å². The fourth-order valence-electron chi connectivity index (χ4n) is 1.19. The van der Waals surface area contributed by atoms with Gasteiger partial charge < -0.3 is 0 Å². The summed E-state index contributed by atoms with van der Waals surface area (Å²) in [7, 11) is 0. The van der Waals surface area contributed by atoms with Crippen LogP contribution in [0.5, 0.6) is 0 Å². The standard InChI is InChI=1S/C10H7BrFN3OS/c1-5-14-15-10(17-5)13-9(16)7-3-2-6(11)4-8(7)12/h2-4H,1H3,(H,13,15,16). The molecular weight excluding hydrogens is 309 g/mol. The third kappa shape index (κ3) is 2.86. The van der Waals surface area contributed by atoms with Crippen LogP contribution in [0, 0.1) is 12.7 Å². The molecule has 2 rings (SSSR count). The fourth-order valence-corrected chi connectivity index (χ4v) is 2.11. The summed E-state index contributed by atoms with van der Waals surface area (Å²) >= 11 is 4.36. The molecule has 1 aromatic carbocycles. The number of aryl methyl sites for hydroxylation is 1. The highest BCUT2D eigenvalue weighted by molar-refractivity contribution is 9.10. The summed E-state index contributed by atoms with van der Waals surface area (Å²) in [6.45, 7) is 1.77. The molecule has 7 heteroatoms. The average molecular weight is 316 g/mol. The maximum atomic E-state index is 13.5. The lowest BCUT2D eigenvalue weighted by Gasteiger charge is -2.02. The molecule has 0 fully saturated rings. The van der Waals surface area contributed by atoms with Crippen molar-refractivity contribution in [2.75, 3.05) is 5.32 Å². The van der Waals surface area contributed by atoms with Crippen LogP contribution in [0.2, 0.25) is 0 Å². The van der Waals surface area contributed by atoms with E-state index in [1.165, 1.54) is 23.5 Å². The number of nitrogens with zero attached hydrogens (tertiary/aromatic N) is 2. The lowest BCUT2D eigenvalue weighted by molar-refractivity contribution is 0.102. The molecule has 1 amide bonds. The predicted octanol–water partition coefficient (Wildman–Crippen LogP) is 3.00. The number of hydrogen-bond acceptors (Lipinski definition) is 4. The van der Waals surface area contributed by atoms with Crippen LogP contribution >= 0.6 is 27.3 Å². The van der Waals surface area contributed by atoms with Gasteiger partial charge in [-0.15, -0.1) is 10.2 Å². The Bertz CT molecular complexity index is 572. The molecule has 0 radical (unpaired) electrons.